The first-order valence-corrected chi connectivity index (χ1v) is 5.47. The molecular formula is C11H8BrFO3. The predicted molar refractivity (Wildman–Crippen MR) is 59.8 cm³/mol. The number of carbonyl (C=O) groups excluding carboxylic acids is 1. The summed E-state index contributed by atoms with van der Waals surface area (Å²) < 4.78 is 23.9. The van der Waals surface area contributed by atoms with Gasteiger partial charge in [0.15, 0.2) is 0 Å². The molecule has 0 unspecified atom stereocenters. The molecule has 0 aliphatic carbocycles. The number of furan rings is 1. The highest BCUT2D eigenvalue weighted by atomic mass is 79.9. The summed E-state index contributed by atoms with van der Waals surface area (Å²) in [5.41, 5.74) is 0.323. The first kappa shape index (κ1) is 11.1. The van der Waals surface area contributed by atoms with Crippen LogP contribution in [0.4, 0.5) is 4.39 Å². The van der Waals surface area contributed by atoms with Crippen LogP contribution in [0.5, 0.6) is 0 Å². The van der Waals surface area contributed by atoms with Gasteiger partial charge in [-0.05, 0) is 35.0 Å². The van der Waals surface area contributed by atoms with Crippen LogP contribution in [-0.2, 0) is 4.74 Å². The third-order valence-electron chi connectivity index (χ3n) is 2.06. The van der Waals surface area contributed by atoms with Gasteiger partial charge in [-0.2, -0.15) is 0 Å². The van der Waals surface area contributed by atoms with E-state index in [4.69, 9.17) is 9.15 Å². The Labute approximate surface area is 99.3 Å². The molecule has 0 fully saturated rings. The lowest BCUT2D eigenvalue weighted by Gasteiger charge is -1.95. The summed E-state index contributed by atoms with van der Waals surface area (Å²) in [6.45, 7) is 1.94. The van der Waals surface area contributed by atoms with E-state index >= 15 is 0 Å². The summed E-state index contributed by atoms with van der Waals surface area (Å²) >= 11 is 3.06. The van der Waals surface area contributed by atoms with Gasteiger partial charge >= 0.3 is 5.97 Å². The molecule has 0 spiro atoms. The lowest BCUT2D eigenvalue weighted by atomic mass is 10.2. The Morgan fingerprint density at radius 3 is 3.00 bits per heavy atom. The van der Waals surface area contributed by atoms with Crippen LogP contribution in [0.15, 0.2) is 27.1 Å². The van der Waals surface area contributed by atoms with Crippen LogP contribution in [0.3, 0.4) is 0 Å². The molecule has 0 aliphatic rings. The molecule has 2 aromatic rings. The van der Waals surface area contributed by atoms with E-state index < -0.39 is 11.8 Å². The van der Waals surface area contributed by atoms with Gasteiger partial charge < -0.3 is 9.15 Å². The highest BCUT2D eigenvalue weighted by Gasteiger charge is 2.16. The van der Waals surface area contributed by atoms with Crippen molar-refractivity contribution in [1.29, 1.82) is 0 Å². The second-order valence-corrected chi connectivity index (χ2v) is 3.96. The first-order chi connectivity index (χ1) is 7.63. The molecule has 5 heteroatoms. The van der Waals surface area contributed by atoms with E-state index in [-0.39, 0.29) is 17.8 Å². The summed E-state index contributed by atoms with van der Waals surface area (Å²) in [5.74, 6) is -1.03. The summed E-state index contributed by atoms with van der Waals surface area (Å²) in [7, 11) is 0. The number of esters is 1. The van der Waals surface area contributed by atoms with E-state index in [1.807, 2.05) is 0 Å². The number of hydrogen-bond acceptors (Lipinski definition) is 3. The van der Waals surface area contributed by atoms with E-state index in [0.717, 1.165) is 0 Å². The van der Waals surface area contributed by atoms with Crippen molar-refractivity contribution in [3.63, 3.8) is 0 Å². The summed E-state index contributed by atoms with van der Waals surface area (Å²) in [4.78, 5) is 11.4. The molecule has 0 bridgehead atoms. The lowest BCUT2D eigenvalue weighted by molar-refractivity contribution is 0.0492. The molecule has 0 saturated carbocycles. The predicted octanol–water partition coefficient (Wildman–Crippen LogP) is 3.51. The van der Waals surface area contributed by atoms with Crippen molar-refractivity contribution in [2.24, 2.45) is 0 Å². The number of ether oxygens (including phenoxy) is 1. The molecule has 1 heterocycles. The SMILES string of the molecule is CCOC(=O)c1cc2c(F)c(Br)ccc2o1. The molecular weight excluding hydrogens is 279 g/mol. The Kier molecular flexibility index (Phi) is 2.96. The maximum Gasteiger partial charge on any atom is 0.374 e. The van der Waals surface area contributed by atoms with Crippen molar-refractivity contribution in [2.75, 3.05) is 6.61 Å². The Hall–Kier alpha value is -1.36. The minimum atomic E-state index is -0.589. The van der Waals surface area contributed by atoms with Crippen molar-refractivity contribution < 1.29 is 18.3 Å². The molecule has 0 N–H and O–H groups in total. The number of carbonyl (C=O) groups is 1. The van der Waals surface area contributed by atoms with Crippen LogP contribution in [0, 0.1) is 5.82 Å². The molecule has 1 aromatic carbocycles. The molecule has 0 atom stereocenters. The van der Waals surface area contributed by atoms with Gasteiger partial charge in [0, 0.05) is 6.07 Å². The number of halogens is 2. The van der Waals surface area contributed by atoms with Crippen molar-refractivity contribution in [2.45, 2.75) is 6.92 Å². The fourth-order valence-electron chi connectivity index (χ4n) is 1.35. The molecule has 3 nitrogen and oxygen atoms in total. The largest absolute Gasteiger partial charge is 0.460 e. The summed E-state index contributed by atoms with van der Waals surface area (Å²) in [6, 6.07) is 4.45. The van der Waals surface area contributed by atoms with E-state index in [1.165, 1.54) is 12.1 Å². The number of rotatable bonds is 2. The third kappa shape index (κ3) is 1.82. The molecule has 0 saturated heterocycles. The van der Waals surface area contributed by atoms with Gasteiger partial charge in [0.2, 0.25) is 5.76 Å². The molecule has 0 amide bonds. The zero-order chi connectivity index (χ0) is 11.7. The van der Waals surface area contributed by atoms with Crippen LogP contribution in [-0.4, -0.2) is 12.6 Å². The maximum absolute atomic E-state index is 13.6. The summed E-state index contributed by atoms with van der Waals surface area (Å²) in [5, 5.41) is 0.262. The molecule has 84 valence electrons. The van der Waals surface area contributed by atoms with Gasteiger partial charge in [-0.25, -0.2) is 9.18 Å². The van der Waals surface area contributed by atoms with Crippen molar-refractivity contribution in [3.8, 4) is 0 Å². The molecule has 16 heavy (non-hydrogen) atoms. The Morgan fingerprint density at radius 2 is 2.31 bits per heavy atom. The van der Waals surface area contributed by atoms with Gasteiger partial charge in [0.05, 0.1) is 16.5 Å². The van der Waals surface area contributed by atoms with Crippen LogP contribution >= 0.6 is 15.9 Å². The maximum atomic E-state index is 13.6. The van der Waals surface area contributed by atoms with Gasteiger partial charge in [-0.15, -0.1) is 0 Å². The third-order valence-corrected chi connectivity index (χ3v) is 2.68. The number of hydrogen-bond donors (Lipinski definition) is 0. The van der Waals surface area contributed by atoms with Gasteiger partial charge in [0.25, 0.3) is 0 Å². The van der Waals surface area contributed by atoms with Crippen LogP contribution in [0.2, 0.25) is 0 Å². The molecule has 0 radical (unpaired) electrons. The average molecular weight is 287 g/mol. The number of benzene rings is 1. The van der Waals surface area contributed by atoms with Gasteiger partial charge in [-0.3, -0.25) is 0 Å². The Balaban J connectivity index is 2.52. The topological polar surface area (TPSA) is 39.4 Å². The fraction of sp³-hybridized carbons (Fsp3) is 0.182. The number of fused-ring (bicyclic) bond motifs is 1. The van der Waals surface area contributed by atoms with Gasteiger partial charge in [0.1, 0.15) is 11.4 Å². The molecule has 1 aromatic heterocycles. The van der Waals surface area contributed by atoms with Gasteiger partial charge in [-0.1, -0.05) is 0 Å². The lowest BCUT2D eigenvalue weighted by Crippen LogP contribution is -2.02. The highest BCUT2D eigenvalue weighted by Crippen LogP contribution is 2.27. The Morgan fingerprint density at radius 1 is 1.56 bits per heavy atom. The van der Waals surface area contributed by atoms with E-state index in [1.54, 1.807) is 13.0 Å². The van der Waals surface area contributed by atoms with E-state index in [2.05, 4.69) is 15.9 Å². The second kappa shape index (κ2) is 4.25. The minimum absolute atomic E-state index is 0.00819. The second-order valence-electron chi connectivity index (χ2n) is 3.10. The molecule has 2 rings (SSSR count). The van der Waals surface area contributed by atoms with Crippen molar-refractivity contribution in [1.82, 2.24) is 0 Å². The van der Waals surface area contributed by atoms with Crippen LogP contribution in [0.1, 0.15) is 17.5 Å². The first-order valence-electron chi connectivity index (χ1n) is 4.68. The Bertz CT molecular complexity index is 547. The quantitative estimate of drug-likeness (QED) is 0.793. The van der Waals surface area contributed by atoms with Crippen LogP contribution in [0.25, 0.3) is 11.0 Å². The van der Waals surface area contributed by atoms with Crippen LogP contribution < -0.4 is 0 Å². The smallest absolute Gasteiger partial charge is 0.374 e. The minimum Gasteiger partial charge on any atom is -0.460 e. The summed E-state index contributed by atoms with van der Waals surface area (Å²) in [6.07, 6.45) is 0. The average Bonchev–Trinajstić information content (AvgIpc) is 2.69. The van der Waals surface area contributed by atoms with Crippen molar-refractivity contribution >= 4 is 32.9 Å². The molecule has 0 aliphatic heterocycles. The zero-order valence-corrected chi connectivity index (χ0v) is 10.0. The van der Waals surface area contributed by atoms with E-state index in [0.29, 0.717) is 10.1 Å². The van der Waals surface area contributed by atoms with Crippen molar-refractivity contribution in [3.05, 3.63) is 34.2 Å². The highest BCUT2D eigenvalue weighted by molar-refractivity contribution is 9.10. The zero-order valence-electron chi connectivity index (χ0n) is 8.42. The fourth-order valence-corrected chi connectivity index (χ4v) is 1.70. The standard InChI is InChI=1S/C11H8BrFO3/c1-2-15-11(14)9-5-6-8(16-9)4-3-7(12)10(6)13/h3-5H,2H2,1H3. The normalized spacial score (nSPS) is 10.7. The monoisotopic (exact) mass is 286 g/mol. The van der Waals surface area contributed by atoms with E-state index in [9.17, 15) is 9.18 Å².